The second-order valence-corrected chi connectivity index (χ2v) is 6.49. The lowest BCUT2D eigenvalue weighted by atomic mass is 10.2. The van der Waals surface area contributed by atoms with Crippen molar-refractivity contribution >= 4 is 34.0 Å². The van der Waals surface area contributed by atoms with Gasteiger partial charge in [-0.1, -0.05) is 0 Å². The third kappa shape index (κ3) is 3.31. The van der Waals surface area contributed by atoms with Gasteiger partial charge in [0.25, 0.3) is 5.56 Å². The van der Waals surface area contributed by atoms with Crippen LogP contribution in [0.15, 0.2) is 22.6 Å². The first-order valence-corrected chi connectivity index (χ1v) is 8.50. The van der Waals surface area contributed by atoms with Crippen LogP contribution in [-0.2, 0) is 11.3 Å². The molecular formula is C16H12F3N5O2S. The van der Waals surface area contributed by atoms with E-state index in [9.17, 15) is 22.8 Å². The van der Waals surface area contributed by atoms with Crippen LogP contribution < -0.4 is 10.9 Å². The molecule has 3 aromatic heterocycles. The predicted octanol–water partition coefficient (Wildman–Crippen LogP) is 2.99. The monoisotopic (exact) mass is 395 g/mol. The molecular weight excluding hydrogens is 383 g/mol. The third-order valence-electron chi connectivity index (χ3n) is 3.88. The predicted molar refractivity (Wildman–Crippen MR) is 93.7 cm³/mol. The fourth-order valence-corrected chi connectivity index (χ4v) is 3.71. The molecule has 0 aromatic carbocycles. The maximum absolute atomic E-state index is 12.4. The summed E-state index contributed by atoms with van der Waals surface area (Å²) in [4.78, 5) is 34.0. The Labute approximate surface area is 154 Å². The van der Waals surface area contributed by atoms with Crippen molar-refractivity contribution in [3.63, 3.8) is 0 Å². The summed E-state index contributed by atoms with van der Waals surface area (Å²) in [7, 11) is 0. The molecule has 11 heteroatoms. The summed E-state index contributed by atoms with van der Waals surface area (Å²) in [5, 5.41) is 3.59. The van der Waals surface area contributed by atoms with Crippen LogP contribution in [0, 0.1) is 13.5 Å². The summed E-state index contributed by atoms with van der Waals surface area (Å²) in [5.41, 5.74) is 1.12. The zero-order valence-corrected chi connectivity index (χ0v) is 14.7. The molecule has 0 saturated carbocycles. The first-order valence-electron chi connectivity index (χ1n) is 7.62. The van der Waals surface area contributed by atoms with Gasteiger partial charge >= 0.3 is 12.1 Å². The van der Waals surface area contributed by atoms with Crippen molar-refractivity contribution in [2.45, 2.75) is 19.6 Å². The van der Waals surface area contributed by atoms with Gasteiger partial charge in [-0.25, -0.2) is 9.83 Å². The molecule has 0 atom stereocenters. The lowest BCUT2D eigenvalue weighted by Gasteiger charge is -2.12. The number of nitrogens with one attached hydrogen (secondary N) is 2. The number of nitrogens with zero attached hydrogens (tertiary/aromatic N) is 3. The number of fused-ring (bicyclic) bond motifs is 1. The van der Waals surface area contributed by atoms with Gasteiger partial charge in [-0.05, 0) is 23.9 Å². The molecule has 3 rings (SSSR count). The topological polar surface area (TPSA) is 84.1 Å². The Kier molecular flexibility index (Phi) is 4.75. The molecule has 0 spiro atoms. The highest BCUT2D eigenvalue weighted by Gasteiger charge is 2.38. The summed E-state index contributed by atoms with van der Waals surface area (Å²) in [5.74, 6) is -2.06. The summed E-state index contributed by atoms with van der Waals surface area (Å²) in [6.45, 7) is 8.82. The van der Waals surface area contributed by atoms with E-state index >= 15 is 0 Å². The first kappa shape index (κ1) is 18.7. The van der Waals surface area contributed by atoms with Gasteiger partial charge < -0.3 is 14.9 Å². The largest absolute Gasteiger partial charge is 0.471 e. The van der Waals surface area contributed by atoms with Gasteiger partial charge in [-0.2, -0.15) is 13.2 Å². The van der Waals surface area contributed by atoms with Crippen LogP contribution in [0.3, 0.4) is 0 Å². The number of halogens is 3. The highest BCUT2D eigenvalue weighted by Crippen LogP contribution is 2.41. The van der Waals surface area contributed by atoms with Gasteiger partial charge in [0, 0.05) is 18.0 Å². The highest BCUT2D eigenvalue weighted by molar-refractivity contribution is 7.13. The third-order valence-corrected chi connectivity index (χ3v) is 4.91. The minimum absolute atomic E-state index is 0.0764. The zero-order valence-electron chi connectivity index (χ0n) is 13.8. The van der Waals surface area contributed by atoms with Crippen molar-refractivity contribution in [1.82, 2.24) is 19.9 Å². The van der Waals surface area contributed by atoms with Crippen molar-refractivity contribution in [2.24, 2.45) is 0 Å². The molecule has 0 bridgehead atoms. The van der Waals surface area contributed by atoms with Gasteiger partial charge in [-0.3, -0.25) is 9.59 Å². The van der Waals surface area contributed by atoms with Crippen LogP contribution in [-0.4, -0.2) is 33.2 Å². The number of thiophene rings is 1. The summed E-state index contributed by atoms with van der Waals surface area (Å²) < 4.78 is 38.6. The van der Waals surface area contributed by atoms with Crippen LogP contribution in [0.1, 0.15) is 5.56 Å². The van der Waals surface area contributed by atoms with E-state index in [4.69, 9.17) is 6.57 Å². The number of hydrogen-bond acceptors (Lipinski definition) is 4. The van der Waals surface area contributed by atoms with Crippen molar-refractivity contribution in [1.29, 1.82) is 0 Å². The van der Waals surface area contributed by atoms with Crippen LogP contribution in [0.25, 0.3) is 26.4 Å². The average molecular weight is 395 g/mol. The van der Waals surface area contributed by atoms with E-state index in [1.807, 2.05) is 18.4 Å². The summed E-state index contributed by atoms with van der Waals surface area (Å²) >= 11 is 1.34. The van der Waals surface area contributed by atoms with Gasteiger partial charge in [-0.15, -0.1) is 11.3 Å². The van der Waals surface area contributed by atoms with Crippen molar-refractivity contribution in [2.75, 3.05) is 6.54 Å². The van der Waals surface area contributed by atoms with E-state index in [1.54, 1.807) is 5.32 Å². The second kappa shape index (κ2) is 6.88. The number of carbonyl (C=O) groups excluding carboxylic acids is 1. The first-order chi connectivity index (χ1) is 12.8. The Bertz CT molecular complexity index is 1120. The second-order valence-electron chi connectivity index (χ2n) is 5.58. The van der Waals surface area contributed by atoms with Gasteiger partial charge in [0.2, 0.25) is 5.69 Å². The van der Waals surface area contributed by atoms with E-state index < -0.39 is 17.6 Å². The van der Waals surface area contributed by atoms with Crippen LogP contribution in [0.2, 0.25) is 0 Å². The number of aromatic nitrogens is 3. The SMILES string of the molecule is [C-]#[N+]c1c(-c2sccc2C)n(CCNC(=O)C(F)(F)F)c2c(=O)[nH]cnc12. The lowest BCUT2D eigenvalue weighted by molar-refractivity contribution is -0.173. The van der Waals surface area contributed by atoms with Gasteiger partial charge in [0.15, 0.2) is 0 Å². The van der Waals surface area contributed by atoms with Crippen molar-refractivity contribution < 1.29 is 18.0 Å². The van der Waals surface area contributed by atoms with Gasteiger partial charge in [0.05, 0.1) is 18.6 Å². The Balaban J connectivity index is 2.13. The molecule has 0 aliphatic rings. The van der Waals surface area contributed by atoms with Crippen molar-refractivity contribution in [3.05, 3.63) is 45.1 Å². The number of aromatic amines is 1. The smallest absolute Gasteiger partial charge is 0.346 e. The number of alkyl halides is 3. The fraction of sp³-hybridized carbons (Fsp3) is 0.250. The maximum Gasteiger partial charge on any atom is 0.471 e. The molecule has 3 aromatic rings. The average Bonchev–Trinajstić information content (AvgIpc) is 3.15. The summed E-state index contributed by atoms with van der Waals surface area (Å²) in [6.07, 6.45) is -3.83. The number of H-pyrrole nitrogens is 1. The maximum atomic E-state index is 12.4. The summed E-state index contributed by atoms with van der Waals surface area (Å²) in [6, 6.07) is 1.83. The molecule has 0 fully saturated rings. The van der Waals surface area contributed by atoms with E-state index in [-0.39, 0.29) is 29.8 Å². The van der Waals surface area contributed by atoms with Crippen LogP contribution >= 0.6 is 11.3 Å². The minimum Gasteiger partial charge on any atom is -0.346 e. The fourth-order valence-electron chi connectivity index (χ4n) is 2.72. The molecule has 0 aliphatic heterocycles. The van der Waals surface area contributed by atoms with Crippen LogP contribution in [0.5, 0.6) is 0 Å². The number of carbonyl (C=O) groups is 1. The number of hydrogen-bond donors (Lipinski definition) is 2. The zero-order chi connectivity index (χ0) is 19.8. The molecule has 0 aliphatic carbocycles. The Hall–Kier alpha value is -3.13. The normalized spacial score (nSPS) is 11.5. The standard InChI is InChI=1S/C16H12F3N5O2S/c1-8-3-6-27-13(8)11-9(20-2)10-12(14(25)23-7-22-10)24(11)5-4-21-15(26)16(17,18)19/h3,6-7H,4-5H2,1H3,(H,21,26)(H,22,23,25). The van der Waals surface area contributed by atoms with E-state index in [2.05, 4.69) is 14.8 Å². The van der Waals surface area contributed by atoms with Crippen LogP contribution in [0.4, 0.5) is 18.9 Å². The molecule has 0 radical (unpaired) electrons. The van der Waals surface area contributed by atoms with Gasteiger partial charge in [0.1, 0.15) is 11.0 Å². The Morgan fingerprint density at radius 2 is 2.22 bits per heavy atom. The van der Waals surface area contributed by atoms with E-state index in [0.29, 0.717) is 10.6 Å². The molecule has 7 nitrogen and oxygen atoms in total. The minimum atomic E-state index is -4.99. The lowest BCUT2D eigenvalue weighted by Crippen LogP contribution is -2.38. The van der Waals surface area contributed by atoms with E-state index in [1.165, 1.54) is 22.2 Å². The number of rotatable bonds is 4. The van der Waals surface area contributed by atoms with E-state index in [0.717, 1.165) is 5.56 Å². The molecule has 3 heterocycles. The Morgan fingerprint density at radius 3 is 2.81 bits per heavy atom. The molecule has 0 saturated heterocycles. The van der Waals surface area contributed by atoms with Crippen molar-refractivity contribution in [3.8, 4) is 10.6 Å². The molecule has 1 amide bonds. The number of aryl methyl sites for hydroxylation is 1. The number of amides is 1. The molecule has 140 valence electrons. The molecule has 2 N–H and O–H groups in total. The molecule has 27 heavy (non-hydrogen) atoms. The highest BCUT2D eigenvalue weighted by atomic mass is 32.1. The quantitative estimate of drug-likeness (QED) is 0.666. The Morgan fingerprint density at radius 1 is 1.48 bits per heavy atom. The molecule has 0 unspecified atom stereocenters.